The number of carbonyl (C=O) groups excluding carboxylic acids is 2. The predicted octanol–water partition coefficient (Wildman–Crippen LogP) is 2.23. The molecule has 0 radical (unpaired) electrons. The first-order valence-electron chi connectivity index (χ1n) is 8.32. The molecular formula is C20H16N2O6S. The minimum atomic E-state index is -1.15. The first-order valence-corrected chi connectivity index (χ1v) is 8.73. The Morgan fingerprint density at radius 1 is 1.10 bits per heavy atom. The van der Waals surface area contributed by atoms with E-state index in [1.807, 2.05) is 0 Å². The highest BCUT2D eigenvalue weighted by molar-refractivity contribution is 7.80. The number of thiocarbonyl (C=S) groups is 1. The van der Waals surface area contributed by atoms with Gasteiger partial charge < -0.3 is 14.6 Å². The van der Waals surface area contributed by atoms with Gasteiger partial charge in [0.1, 0.15) is 5.57 Å². The Balaban J connectivity index is 2.02. The minimum absolute atomic E-state index is 0.0135. The van der Waals surface area contributed by atoms with Crippen LogP contribution in [0.5, 0.6) is 11.5 Å². The highest BCUT2D eigenvalue weighted by Gasteiger charge is 2.34. The van der Waals surface area contributed by atoms with Crippen LogP contribution < -0.4 is 19.7 Å². The Labute approximate surface area is 171 Å². The van der Waals surface area contributed by atoms with Crippen molar-refractivity contribution in [1.82, 2.24) is 5.32 Å². The van der Waals surface area contributed by atoms with Crippen molar-refractivity contribution in [2.45, 2.75) is 0 Å². The van der Waals surface area contributed by atoms with Crippen LogP contribution >= 0.6 is 12.2 Å². The Morgan fingerprint density at radius 3 is 2.48 bits per heavy atom. The highest BCUT2D eigenvalue weighted by atomic mass is 32.1. The lowest BCUT2D eigenvalue weighted by molar-refractivity contribution is -0.122. The largest absolute Gasteiger partial charge is 0.493 e. The smallest absolute Gasteiger partial charge is 0.335 e. The average molecular weight is 412 g/mol. The van der Waals surface area contributed by atoms with Crippen LogP contribution in [0.2, 0.25) is 0 Å². The van der Waals surface area contributed by atoms with E-state index in [0.29, 0.717) is 17.1 Å². The van der Waals surface area contributed by atoms with Crippen LogP contribution in [0.25, 0.3) is 6.08 Å². The molecule has 29 heavy (non-hydrogen) atoms. The van der Waals surface area contributed by atoms with Gasteiger partial charge in [-0.05, 0) is 54.2 Å². The second-order valence-electron chi connectivity index (χ2n) is 5.93. The topological polar surface area (TPSA) is 105 Å². The Hall–Kier alpha value is -3.72. The van der Waals surface area contributed by atoms with Gasteiger partial charge in [-0.15, -0.1) is 0 Å². The molecule has 1 fully saturated rings. The van der Waals surface area contributed by atoms with E-state index < -0.39 is 17.8 Å². The first-order chi connectivity index (χ1) is 13.8. The Morgan fingerprint density at radius 2 is 1.83 bits per heavy atom. The number of hydrogen-bond donors (Lipinski definition) is 2. The maximum Gasteiger partial charge on any atom is 0.335 e. The molecule has 2 aromatic carbocycles. The minimum Gasteiger partial charge on any atom is -0.493 e. The first kappa shape index (κ1) is 20.0. The quantitative estimate of drug-likeness (QED) is 0.441. The molecule has 1 aliphatic heterocycles. The molecule has 1 aliphatic rings. The fourth-order valence-corrected chi connectivity index (χ4v) is 3.06. The summed E-state index contributed by atoms with van der Waals surface area (Å²) < 4.78 is 10.4. The van der Waals surface area contributed by atoms with Crippen LogP contribution in [0.3, 0.4) is 0 Å². The third-order valence-electron chi connectivity index (χ3n) is 4.17. The molecule has 2 aromatic rings. The third-order valence-corrected chi connectivity index (χ3v) is 4.46. The van der Waals surface area contributed by atoms with Crippen LogP contribution in [0.4, 0.5) is 5.69 Å². The van der Waals surface area contributed by atoms with E-state index in [1.165, 1.54) is 44.6 Å². The van der Waals surface area contributed by atoms with Gasteiger partial charge in [-0.25, -0.2) is 4.79 Å². The van der Waals surface area contributed by atoms with Crippen LogP contribution in [0.15, 0.2) is 48.0 Å². The van der Waals surface area contributed by atoms with Gasteiger partial charge in [0.05, 0.1) is 25.5 Å². The second-order valence-corrected chi connectivity index (χ2v) is 6.31. The molecule has 0 aliphatic carbocycles. The molecule has 148 valence electrons. The van der Waals surface area contributed by atoms with Gasteiger partial charge in [0.15, 0.2) is 16.6 Å². The number of nitrogens with zero attached hydrogens (tertiary/aromatic N) is 1. The van der Waals surface area contributed by atoms with Gasteiger partial charge in [0, 0.05) is 0 Å². The van der Waals surface area contributed by atoms with Gasteiger partial charge >= 0.3 is 5.97 Å². The summed E-state index contributed by atoms with van der Waals surface area (Å²) in [6, 6.07) is 10.6. The van der Waals surface area contributed by atoms with Gasteiger partial charge in [-0.1, -0.05) is 12.1 Å². The number of amides is 2. The molecule has 2 N–H and O–H groups in total. The number of rotatable bonds is 5. The molecular weight excluding hydrogens is 396 g/mol. The van der Waals surface area contributed by atoms with Crippen molar-refractivity contribution in [3.8, 4) is 11.5 Å². The standard InChI is InChI=1S/C20H16N2O6S/c1-27-15-7-6-11(9-16(15)28-2)8-14-17(23)21-20(29)22(18(14)24)13-5-3-4-12(10-13)19(25)26/h3-10H,1-2H3,(H,25,26)(H,21,23,29). The number of carboxylic acids is 1. The zero-order valence-corrected chi connectivity index (χ0v) is 16.3. The summed E-state index contributed by atoms with van der Waals surface area (Å²) in [6.45, 7) is 0. The van der Waals surface area contributed by atoms with E-state index in [0.717, 1.165) is 4.90 Å². The van der Waals surface area contributed by atoms with E-state index in [9.17, 15) is 19.5 Å². The van der Waals surface area contributed by atoms with Crippen molar-refractivity contribution in [2.24, 2.45) is 0 Å². The zero-order chi connectivity index (χ0) is 21.1. The van der Waals surface area contributed by atoms with Crippen molar-refractivity contribution in [3.63, 3.8) is 0 Å². The summed E-state index contributed by atoms with van der Waals surface area (Å²) >= 11 is 5.12. The maximum atomic E-state index is 13.0. The maximum absolute atomic E-state index is 13.0. The van der Waals surface area contributed by atoms with Gasteiger partial charge in [0.25, 0.3) is 11.8 Å². The lowest BCUT2D eigenvalue weighted by Crippen LogP contribution is -2.54. The van der Waals surface area contributed by atoms with Crippen molar-refractivity contribution >= 4 is 46.9 Å². The number of carbonyl (C=O) groups is 3. The molecule has 8 nitrogen and oxygen atoms in total. The molecule has 0 aromatic heterocycles. The highest BCUT2D eigenvalue weighted by Crippen LogP contribution is 2.29. The summed E-state index contributed by atoms with van der Waals surface area (Å²) in [5.41, 5.74) is 0.596. The van der Waals surface area contributed by atoms with Crippen LogP contribution in [0, 0.1) is 0 Å². The average Bonchev–Trinajstić information content (AvgIpc) is 2.71. The second kappa shape index (κ2) is 8.11. The predicted molar refractivity (Wildman–Crippen MR) is 109 cm³/mol. The Bertz CT molecular complexity index is 1060. The van der Waals surface area contributed by atoms with Crippen molar-refractivity contribution in [2.75, 3.05) is 19.1 Å². The van der Waals surface area contributed by atoms with Crippen molar-refractivity contribution in [3.05, 3.63) is 59.2 Å². The number of anilines is 1. The summed E-state index contributed by atoms with van der Waals surface area (Å²) in [5, 5.41) is 11.5. The van der Waals surface area contributed by atoms with Crippen molar-refractivity contribution in [1.29, 1.82) is 0 Å². The number of benzene rings is 2. The fraction of sp³-hybridized carbons (Fsp3) is 0.100. The van der Waals surface area contributed by atoms with Crippen LogP contribution in [0.1, 0.15) is 15.9 Å². The molecule has 0 bridgehead atoms. The van der Waals surface area contributed by atoms with Gasteiger partial charge in [-0.3, -0.25) is 19.8 Å². The molecule has 3 rings (SSSR count). The number of ether oxygens (including phenoxy) is 2. The SMILES string of the molecule is COc1ccc(C=C2C(=O)NC(=S)N(c3cccc(C(=O)O)c3)C2=O)cc1OC. The number of methoxy groups -OCH3 is 2. The van der Waals surface area contributed by atoms with E-state index >= 15 is 0 Å². The normalized spacial score (nSPS) is 15.3. The lowest BCUT2D eigenvalue weighted by atomic mass is 10.1. The molecule has 0 spiro atoms. The van der Waals surface area contributed by atoms with E-state index in [1.54, 1.807) is 18.2 Å². The summed E-state index contributed by atoms with van der Waals surface area (Å²) in [6.07, 6.45) is 1.40. The molecule has 2 amide bonds. The van der Waals surface area contributed by atoms with E-state index in [2.05, 4.69) is 5.32 Å². The monoisotopic (exact) mass is 412 g/mol. The Kier molecular flexibility index (Phi) is 5.60. The fourth-order valence-electron chi connectivity index (χ4n) is 2.78. The molecule has 9 heteroatoms. The third kappa shape index (κ3) is 3.94. The molecule has 0 atom stereocenters. The number of hydrogen-bond acceptors (Lipinski definition) is 6. The molecule has 0 unspecified atom stereocenters. The summed E-state index contributed by atoms with van der Waals surface area (Å²) in [7, 11) is 2.97. The molecule has 1 heterocycles. The van der Waals surface area contributed by atoms with Crippen molar-refractivity contribution < 1.29 is 29.0 Å². The number of carboxylic acid groups (broad SMARTS) is 1. The zero-order valence-electron chi connectivity index (χ0n) is 15.5. The molecule has 0 saturated carbocycles. The number of aromatic carboxylic acids is 1. The van der Waals surface area contributed by atoms with E-state index in [-0.39, 0.29) is 21.9 Å². The van der Waals surface area contributed by atoms with Crippen LogP contribution in [-0.4, -0.2) is 42.2 Å². The van der Waals surface area contributed by atoms with Gasteiger partial charge in [0.2, 0.25) is 0 Å². The van der Waals surface area contributed by atoms with E-state index in [4.69, 9.17) is 21.7 Å². The lowest BCUT2D eigenvalue weighted by Gasteiger charge is -2.29. The summed E-state index contributed by atoms with van der Waals surface area (Å²) in [4.78, 5) is 37.7. The van der Waals surface area contributed by atoms with Crippen LogP contribution in [-0.2, 0) is 9.59 Å². The summed E-state index contributed by atoms with van der Waals surface area (Å²) in [5.74, 6) is -1.53. The molecule has 1 saturated heterocycles. The van der Waals surface area contributed by atoms with Gasteiger partial charge in [-0.2, -0.15) is 0 Å². The number of nitrogens with one attached hydrogen (secondary N) is 1.